The van der Waals surface area contributed by atoms with Gasteiger partial charge in [-0.25, -0.2) is 0 Å². The second kappa shape index (κ2) is 4.31. The molecule has 0 radical (unpaired) electrons. The minimum atomic E-state index is -1.10. The topological polar surface area (TPSA) is 95.0 Å². The van der Waals surface area contributed by atoms with Crippen molar-refractivity contribution < 1.29 is 14.7 Å². The number of nitrogens with zero attached hydrogens (tertiary/aromatic N) is 2. The highest BCUT2D eigenvalue weighted by molar-refractivity contribution is 7.13. The summed E-state index contributed by atoms with van der Waals surface area (Å²) in [6, 6.07) is 0. The lowest BCUT2D eigenvalue weighted by atomic mass is 9.79. The van der Waals surface area contributed by atoms with Crippen LogP contribution in [0, 0.1) is 23.7 Å². The molecule has 0 aromatic carbocycles. The van der Waals surface area contributed by atoms with E-state index in [-0.39, 0.29) is 17.7 Å². The Kier molecular flexibility index (Phi) is 2.77. The molecule has 1 amide bonds. The third kappa shape index (κ3) is 1.78. The minimum Gasteiger partial charge on any atom is -0.550 e. The van der Waals surface area contributed by atoms with Crippen LogP contribution in [0.3, 0.4) is 0 Å². The van der Waals surface area contributed by atoms with Crippen LogP contribution in [0.1, 0.15) is 19.3 Å². The summed E-state index contributed by atoms with van der Waals surface area (Å²) in [5.41, 5.74) is 1.52. The molecule has 0 spiro atoms. The molecule has 2 bridgehead atoms. The van der Waals surface area contributed by atoms with E-state index in [9.17, 15) is 14.7 Å². The fourth-order valence-electron chi connectivity index (χ4n) is 3.42. The molecule has 0 aliphatic heterocycles. The van der Waals surface area contributed by atoms with Crippen molar-refractivity contribution in [3.63, 3.8) is 0 Å². The zero-order valence-electron chi connectivity index (χ0n) is 9.54. The Labute approximate surface area is 107 Å². The molecule has 4 atom stereocenters. The van der Waals surface area contributed by atoms with E-state index in [1.165, 1.54) is 16.8 Å². The summed E-state index contributed by atoms with van der Waals surface area (Å²) in [6.45, 7) is 0. The number of carbonyl (C=O) groups excluding carboxylic acids is 2. The van der Waals surface area contributed by atoms with Gasteiger partial charge in [0.2, 0.25) is 11.0 Å². The van der Waals surface area contributed by atoms with Crippen molar-refractivity contribution in [3.05, 3.63) is 5.51 Å². The molecule has 2 saturated carbocycles. The number of fused-ring (bicyclic) bond motifs is 2. The normalized spacial score (nSPS) is 33.6. The van der Waals surface area contributed by atoms with Crippen LogP contribution in [0.5, 0.6) is 0 Å². The largest absolute Gasteiger partial charge is 0.550 e. The molecule has 0 unspecified atom stereocenters. The van der Waals surface area contributed by atoms with Gasteiger partial charge in [0, 0.05) is 17.8 Å². The molecule has 1 aromatic heterocycles. The summed E-state index contributed by atoms with van der Waals surface area (Å²) in [7, 11) is 0. The van der Waals surface area contributed by atoms with E-state index in [0.717, 1.165) is 19.3 Å². The highest BCUT2D eigenvalue weighted by atomic mass is 32.1. The maximum absolute atomic E-state index is 12.2. The minimum absolute atomic E-state index is 0.102. The van der Waals surface area contributed by atoms with Gasteiger partial charge in [-0.05, 0) is 31.1 Å². The fraction of sp³-hybridized carbons (Fsp3) is 0.636. The van der Waals surface area contributed by atoms with Gasteiger partial charge in [-0.1, -0.05) is 11.3 Å². The number of carboxylic acids is 1. The van der Waals surface area contributed by atoms with Crippen LogP contribution in [0.4, 0.5) is 5.13 Å². The number of anilines is 1. The second-order valence-electron chi connectivity index (χ2n) is 4.94. The van der Waals surface area contributed by atoms with Gasteiger partial charge in [-0.3, -0.25) is 4.79 Å². The van der Waals surface area contributed by atoms with Gasteiger partial charge in [-0.15, -0.1) is 10.2 Å². The first kappa shape index (κ1) is 11.6. The summed E-state index contributed by atoms with van der Waals surface area (Å²) < 4.78 is 0. The first-order valence-corrected chi connectivity index (χ1v) is 6.82. The molecule has 96 valence electrons. The standard InChI is InChI=1S/C11H13N3O3S/c15-9(13-11-14-12-4-18-11)7-5-1-2-6(3-5)8(7)10(16)17/h4-8H,1-3H2,(H,16,17)(H,13,14,15)/p-1/t5-,6+,7+,8+/m1/s1. The second-order valence-corrected chi connectivity index (χ2v) is 5.77. The van der Waals surface area contributed by atoms with Crippen molar-refractivity contribution in [1.82, 2.24) is 10.2 Å². The lowest BCUT2D eigenvalue weighted by molar-refractivity contribution is -0.314. The lowest BCUT2D eigenvalue weighted by Crippen LogP contribution is -2.43. The third-order valence-corrected chi connectivity index (χ3v) is 4.69. The molecular formula is C11H12N3O3S-. The number of carboxylic acid groups (broad SMARTS) is 1. The number of rotatable bonds is 3. The van der Waals surface area contributed by atoms with Gasteiger partial charge >= 0.3 is 0 Å². The molecule has 0 saturated heterocycles. The van der Waals surface area contributed by atoms with Crippen LogP contribution in [0.25, 0.3) is 0 Å². The Morgan fingerprint density at radius 2 is 2.06 bits per heavy atom. The quantitative estimate of drug-likeness (QED) is 0.823. The molecule has 18 heavy (non-hydrogen) atoms. The van der Waals surface area contributed by atoms with Crippen LogP contribution in [0.2, 0.25) is 0 Å². The number of hydrogen-bond acceptors (Lipinski definition) is 6. The predicted molar refractivity (Wildman–Crippen MR) is 61.4 cm³/mol. The number of aliphatic carboxylic acids is 1. The van der Waals surface area contributed by atoms with Crippen LogP contribution in [0.15, 0.2) is 5.51 Å². The molecule has 2 aliphatic rings. The number of amides is 1. The summed E-state index contributed by atoms with van der Waals surface area (Å²) >= 11 is 1.22. The summed E-state index contributed by atoms with van der Waals surface area (Å²) in [5.74, 6) is -2.20. The molecule has 2 aliphatic carbocycles. The molecular weight excluding hydrogens is 254 g/mol. The molecule has 2 fully saturated rings. The van der Waals surface area contributed by atoms with Gasteiger partial charge < -0.3 is 15.2 Å². The van der Waals surface area contributed by atoms with Crippen molar-refractivity contribution in [3.8, 4) is 0 Å². The highest BCUT2D eigenvalue weighted by Crippen LogP contribution is 2.52. The predicted octanol–water partition coefficient (Wildman–Crippen LogP) is -0.111. The van der Waals surface area contributed by atoms with Crippen molar-refractivity contribution in [2.24, 2.45) is 23.7 Å². The van der Waals surface area contributed by atoms with Gasteiger partial charge in [0.25, 0.3) is 0 Å². The summed E-state index contributed by atoms with van der Waals surface area (Å²) in [6.07, 6.45) is 2.65. The molecule has 1 N–H and O–H groups in total. The molecule has 1 heterocycles. The Morgan fingerprint density at radius 3 is 2.67 bits per heavy atom. The number of nitrogens with one attached hydrogen (secondary N) is 1. The Bertz CT molecular complexity index is 476. The molecule has 3 rings (SSSR count). The Morgan fingerprint density at radius 1 is 1.33 bits per heavy atom. The first-order chi connectivity index (χ1) is 8.66. The van der Waals surface area contributed by atoms with E-state index in [1.54, 1.807) is 0 Å². The van der Waals surface area contributed by atoms with E-state index in [4.69, 9.17) is 0 Å². The Balaban J connectivity index is 1.78. The van der Waals surface area contributed by atoms with Crippen molar-refractivity contribution in [2.75, 3.05) is 5.32 Å². The van der Waals surface area contributed by atoms with Gasteiger partial charge in [-0.2, -0.15) is 0 Å². The Hall–Kier alpha value is -1.50. The van der Waals surface area contributed by atoms with E-state index >= 15 is 0 Å². The number of hydrogen-bond donors (Lipinski definition) is 1. The highest BCUT2D eigenvalue weighted by Gasteiger charge is 2.51. The molecule has 7 heteroatoms. The van der Waals surface area contributed by atoms with E-state index < -0.39 is 17.8 Å². The summed E-state index contributed by atoms with van der Waals surface area (Å²) in [5, 5.41) is 21.6. The maximum atomic E-state index is 12.2. The zero-order chi connectivity index (χ0) is 12.7. The van der Waals surface area contributed by atoms with Crippen molar-refractivity contribution in [2.45, 2.75) is 19.3 Å². The van der Waals surface area contributed by atoms with Gasteiger partial charge in [0.05, 0.1) is 0 Å². The van der Waals surface area contributed by atoms with Crippen LogP contribution in [-0.2, 0) is 9.59 Å². The maximum Gasteiger partial charge on any atom is 0.230 e. The lowest BCUT2D eigenvalue weighted by Gasteiger charge is -2.30. The fourth-order valence-corrected chi connectivity index (χ4v) is 3.87. The van der Waals surface area contributed by atoms with Crippen molar-refractivity contribution >= 4 is 28.3 Å². The first-order valence-electron chi connectivity index (χ1n) is 5.94. The average Bonchev–Trinajstić information content (AvgIpc) is 3.03. The van der Waals surface area contributed by atoms with Crippen LogP contribution >= 0.6 is 11.3 Å². The van der Waals surface area contributed by atoms with Crippen molar-refractivity contribution in [1.29, 1.82) is 0 Å². The van der Waals surface area contributed by atoms with Gasteiger partial charge in [0.15, 0.2) is 0 Å². The number of aromatic nitrogens is 2. The smallest absolute Gasteiger partial charge is 0.230 e. The number of carbonyl (C=O) groups is 2. The van der Waals surface area contributed by atoms with Gasteiger partial charge in [0.1, 0.15) is 5.51 Å². The molecule has 6 nitrogen and oxygen atoms in total. The van der Waals surface area contributed by atoms with E-state index in [0.29, 0.717) is 5.13 Å². The monoisotopic (exact) mass is 266 g/mol. The summed E-state index contributed by atoms with van der Waals surface area (Å²) in [4.78, 5) is 23.3. The third-order valence-electron chi connectivity index (χ3n) is 4.08. The zero-order valence-corrected chi connectivity index (χ0v) is 10.4. The van der Waals surface area contributed by atoms with E-state index in [1.807, 2.05) is 0 Å². The molecule has 1 aromatic rings. The average molecular weight is 266 g/mol. The van der Waals surface area contributed by atoms with E-state index in [2.05, 4.69) is 15.5 Å². The SMILES string of the molecule is O=C([O-])[C@H]1[C@H]2CC[C@H](C2)[C@@H]1C(=O)Nc1nncs1. The van der Waals surface area contributed by atoms with Crippen LogP contribution < -0.4 is 10.4 Å². The van der Waals surface area contributed by atoms with Crippen LogP contribution in [-0.4, -0.2) is 22.1 Å².